The van der Waals surface area contributed by atoms with Crippen molar-refractivity contribution in [2.75, 3.05) is 0 Å². The molecule has 0 N–H and O–H groups in total. The summed E-state index contributed by atoms with van der Waals surface area (Å²) < 4.78 is 18.0. The average molecular weight is 341 g/mol. The van der Waals surface area contributed by atoms with Crippen LogP contribution in [0.4, 0.5) is 0 Å². The summed E-state index contributed by atoms with van der Waals surface area (Å²) >= 11 is 6.53. The van der Waals surface area contributed by atoms with Gasteiger partial charge in [0.1, 0.15) is 0 Å². The lowest BCUT2D eigenvalue weighted by Crippen LogP contribution is -2.41. The summed E-state index contributed by atoms with van der Waals surface area (Å²) in [5, 5.41) is 0.752. The van der Waals surface area contributed by atoms with Gasteiger partial charge in [-0.1, -0.05) is 23.7 Å². The van der Waals surface area contributed by atoms with Crippen molar-refractivity contribution in [2.45, 2.75) is 65.5 Å². The Morgan fingerprint density at radius 1 is 1.14 bits per heavy atom. The Balaban J connectivity index is 2.26. The Hall–Kier alpha value is -0.328. The number of rotatable bonds is 4. The molecule has 0 amide bonds. The zero-order valence-electron chi connectivity index (χ0n) is 14.6. The summed E-state index contributed by atoms with van der Waals surface area (Å²) in [6.07, 6.45) is 0. The summed E-state index contributed by atoms with van der Waals surface area (Å²) in [6.45, 7) is 15.1. The molecule has 1 saturated heterocycles. The fraction of sp³-hybridized carbons (Fsp3) is 0.625. The fourth-order valence-electron chi connectivity index (χ4n) is 2.35. The highest BCUT2D eigenvalue weighted by Crippen LogP contribution is 2.37. The number of hydrogen-bond acceptors (Lipinski definition) is 3. The van der Waals surface area contributed by atoms with Crippen molar-refractivity contribution >= 4 is 33.2 Å². The summed E-state index contributed by atoms with van der Waals surface area (Å²) in [7, 11) is -1.43. The van der Waals surface area contributed by atoms with Crippen LogP contribution in [0.15, 0.2) is 12.1 Å². The highest BCUT2D eigenvalue weighted by atomic mass is 35.5. The van der Waals surface area contributed by atoms with Gasteiger partial charge in [-0.15, -0.1) is 0 Å². The molecule has 122 valence electrons. The molecule has 1 aliphatic rings. The van der Waals surface area contributed by atoms with E-state index in [4.69, 9.17) is 25.3 Å². The minimum absolute atomic E-state index is 0.346. The second kappa shape index (κ2) is 6.29. The zero-order valence-corrected chi connectivity index (χ0v) is 16.5. The summed E-state index contributed by atoms with van der Waals surface area (Å²) in [4.78, 5) is 0. The third-order valence-electron chi connectivity index (χ3n) is 4.59. The van der Waals surface area contributed by atoms with E-state index in [1.807, 2.05) is 19.1 Å². The highest BCUT2D eigenvalue weighted by molar-refractivity contribution is 6.63. The van der Waals surface area contributed by atoms with Gasteiger partial charge in [-0.25, -0.2) is 0 Å². The van der Waals surface area contributed by atoms with Gasteiger partial charge in [0.2, 0.25) is 0 Å². The van der Waals surface area contributed by atoms with Crippen LogP contribution in [0.3, 0.4) is 0 Å². The molecule has 1 fully saturated rings. The second-order valence-electron chi connectivity index (χ2n) is 7.20. The Kier molecular flexibility index (Phi) is 5.15. The van der Waals surface area contributed by atoms with Crippen LogP contribution in [0.1, 0.15) is 38.8 Å². The van der Waals surface area contributed by atoms with Crippen molar-refractivity contribution in [2.24, 2.45) is 0 Å². The molecule has 0 spiro atoms. The largest absolute Gasteiger partial charge is 0.495 e. The molecule has 0 aliphatic carbocycles. The van der Waals surface area contributed by atoms with Gasteiger partial charge in [0, 0.05) is 5.02 Å². The van der Waals surface area contributed by atoms with Crippen molar-refractivity contribution in [1.29, 1.82) is 0 Å². The summed E-state index contributed by atoms with van der Waals surface area (Å²) in [6, 6.07) is 4.07. The third kappa shape index (κ3) is 3.44. The van der Waals surface area contributed by atoms with Crippen molar-refractivity contribution in [1.82, 2.24) is 0 Å². The SMILES string of the molecule is Cc1c(B2OC(C)(C)C(C)(C)O2)ccc(CO[SiH](C)C)c1Cl. The first kappa shape index (κ1) is 18.0. The molecule has 0 saturated carbocycles. The molecule has 0 atom stereocenters. The van der Waals surface area contributed by atoms with Gasteiger partial charge in [0.05, 0.1) is 17.8 Å². The van der Waals surface area contributed by atoms with Crippen molar-refractivity contribution in [3.63, 3.8) is 0 Å². The molecular weight excluding hydrogens is 315 g/mol. The van der Waals surface area contributed by atoms with Gasteiger partial charge in [-0.2, -0.15) is 0 Å². The quantitative estimate of drug-likeness (QED) is 0.786. The number of benzene rings is 1. The van der Waals surface area contributed by atoms with E-state index in [9.17, 15) is 0 Å². The standard InChI is InChI=1S/C16H26BClO3Si/c1-11-13(17-20-15(2,3)16(4,5)21-17)9-8-12(14(11)18)10-19-22(6)7/h8-9,22H,10H2,1-7H3. The van der Waals surface area contributed by atoms with Crippen LogP contribution in [0, 0.1) is 6.92 Å². The topological polar surface area (TPSA) is 27.7 Å². The van der Waals surface area contributed by atoms with E-state index in [2.05, 4.69) is 40.8 Å². The number of halogens is 1. The van der Waals surface area contributed by atoms with Gasteiger partial charge in [0.25, 0.3) is 0 Å². The molecular formula is C16H26BClO3Si. The molecule has 2 rings (SSSR count). The van der Waals surface area contributed by atoms with Gasteiger partial charge >= 0.3 is 7.12 Å². The molecule has 1 aromatic carbocycles. The smallest absolute Gasteiger partial charge is 0.416 e. The molecule has 1 aliphatic heterocycles. The molecule has 1 heterocycles. The maximum Gasteiger partial charge on any atom is 0.495 e. The van der Waals surface area contributed by atoms with E-state index in [1.165, 1.54) is 0 Å². The lowest BCUT2D eigenvalue weighted by atomic mass is 9.76. The van der Waals surface area contributed by atoms with Crippen LogP contribution in [0.25, 0.3) is 0 Å². The zero-order chi connectivity index (χ0) is 16.7. The van der Waals surface area contributed by atoms with Crippen LogP contribution >= 0.6 is 11.6 Å². The van der Waals surface area contributed by atoms with Gasteiger partial charge in [-0.05, 0) is 64.3 Å². The molecule has 0 bridgehead atoms. The Morgan fingerprint density at radius 3 is 2.18 bits per heavy atom. The van der Waals surface area contributed by atoms with Gasteiger partial charge < -0.3 is 13.7 Å². The molecule has 1 aromatic rings. The predicted molar refractivity (Wildman–Crippen MR) is 95.6 cm³/mol. The van der Waals surface area contributed by atoms with Crippen LogP contribution in [0.5, 0.6) is 0 Å². The highest BCUT2D eigenvalue weighted by Gasteiger charge is 2.52. The maximum absolute atomic E-state index is 6.53. The van der Waals surface area contributed by atoms with E-state index in [1.54, 1.807) is 0 Å². The lowest BCUT2D eigenvalue weighted by molar-refractivity contribution is 0.00578. The van der Waals surface area contributed by atoms with E-state index in [-0.39, 0.29) is 18.3 Å². The normalized spacial score (nSPS) is 20.0. The van der Waals surface area contributed by atoms with E-state index < -0.39 is 9.04 Å². The summed E-state index contributed by atoms with van der Waals surface area (Å²) in [5.74, 6) is 0. The van der Waals surface area contributed by atoms with Gasteiger partial charge in [-0.3, -0.25) is 0 Å². The molecule has 6 heteroatoms. The lowest BCUT2D eigenvalue weighted by Gasteiger charge is -2.32. The van der Waals surface area contributed by atoms with E-state index in [0.717, 1.165) is 21.6 Å². The second-order valence-corrected chi connectivity index (χ2v) is 10.0. The Morgan fingerprint density at radius 2 is 1.68 bits per heavy atom. The van der Waals surface area contributed by atoms with E-state index in [0.29, 0.717) is 6.61 Å². The van der Waals surface area contributed by atoms with Crippen molar-refractivity contribution < 1.29 is 13.7 Å². The van der Waals surface area contributed by atoms with Gasteiger partial charge in [0.15, 0.2) is 9.04 Å². The molecule has 3 nitrogen and oxygen atoms in total. The van der Waals surface area contributed by atoms with Crippen LogP contribution in [-0.4, -0.2) is 27.4 Å². The first-order valence-corrected chi connectivity index (χ1v) is 11.0. The molecule has 22 heavy (non-hydrogen) atoms. The molecule has 0 radical (unpaired) electrons. The maximum atomic E-state index is 6.53. The minimum Gasteiger partial charge on any atom is -0.416 e. The van der Waals surface area contributed by atoms with Crippen molar-refractivity contribution in [3.8, 4) is 0 Å². The monoisotopic (exact) mass is 340 g/mol. The Labute approximate surface area is 141 Å². The molecule has 0 unspecified atom stereocenters. The third-order valence-corrected chi connectivity index (χ3v) is 5.95. The van der Waals surface area contributed by atoms with E-state index >= 15 is 0 Å². The first-order chi connectivity index (χ1) is 10.0. The van der Waals surface area contributed by atoms with Crippen LogP contribution in [0.2, 0.25) is 18.1 Å². The Bertz CT molecular complexity index is 545. The first-order valence-electron chi connectivity index (χ1n) is 7.80. The van der Waals surface area contributed by atoms with Crippen molar-refractivity contribution in [3.05, 3.63) is 28.3 Å². The minimum atomic E-state index is -1.05. The number of hydrogen-bond donors (Lipinski definition) is 0. The fourth-order valence-corrected chi connectivity index (χ4v) is 3.09. The molecule has 0 aromatic heterocycles. The summed E-state index contributed by atoms with van der Waals surface area (Å²) in [5.41, 5.74) is 2.34. The van der Waals surface area contributed by atoms with Crippen LogP contribution in [-0.2, 0) is 20.3 Å². The predicted octanol–water partition coefficient (Wildman–Crippen LogP) is 3.45. The van der Waals surface area contributed by atoms with Crippen LogP contribution < -0.4 is 5.46 Å². The average Bonchev–Trinajstić information content (AvgIpc) is 2.60.